The Kier molecular flexibility index (Phi) is 4.89. The highest BCUT2D eigenvalue weighted by molar-refractivity contribution is 9.10. The van der Waals surface area contributed by atoms with Crippen molar-refractivity contribution < 1.29 is 18.7 Å². The van der Waals surface area contributed by atoms with Crippen LogP contribution in [0, 0.1) is 5.82 Å². The zero-order chi connectivity index (χ0) is 12.1. The molecule has 0 spiro atoms. The van der Waals surface area contributed by atoms with E-state index in [4.69, 9.17) is 9.47 Å². The molecule has 0 aliphatic rings. The van der Waals surface area contributed by atoms with Gasteiger partial charge < -0.3 is 9.47 Å². The van der Waals surface area contributed by atoms with Gasteiger partial charge >= 0.3 is 5.97 Å². The van der Waals surface area contributed by atoms with Gasteiger partial charge in [0.1, 0.15) is 11.9 Å². The molecule has 0 amide bonds. The molecule has 0 heterocycles. The first kappa shape index (κ1) is 13.1. The number of methoxy groups -OCH3 is 1. The van der Waals surface area contributed by atoms with Gasteiger partial charge in [0, 0.05) is 11.6 Å². The Balaban J connectivity index is 2.76. The Morgan fingerprint density at radius 1 is 1.56 bits per heavy atom. The molecule has 1 atom stereocenters. The average molecular weight is 291 g/mol. The Hall–Kier alpha value is -0.940. The van der Waals surface area contributed by atoms with Crippen LogP contribution in [-0.2, 0) is 9.47 Å². The van der Waals surface area contributed by atoms with Crippen molar-refractivity contribution in [3.8, 4) is 0 Å². The largest absolute Gasteiger partial charge is 0.457 e. The first-order chi connectivity index (χ1) is 7.54. The molecule has 0 bridgehead atoms. The first-order valence-electron chi connectivity index (χ1n) is 4.69. The van der Waals surface area contributed by atoms with Gasteiger partial charge in [0.05, 0.1) is 12.2 Å². The lowest BCUT2D eigenvalue weighted by Crippen LogP contribution is -2.20. The highest BCUT2D eigenvalue weighted by atomic mass is 79.9. The molecule has 0 saturated heterocycles. The lowest BCUT2D eigenvalue weighted by Gasteiger charge is -2.12. The number of hydrogen-bond donors (Lipinski definition) is 0. The van der Waals surface area contributed by atoms with E-state index >= 15 is 0 Å². The van der Waals surface area contributed by atoms with E-state index in [-0.39, 0.29) is 12.2 Å². The summed E-state index contributed by atoms with van der Waals surface area (Å²) in [4.78, 5) is 11.6. The molecule has 0 fully saturated rings. The maximum absolute atomic E-state index is 13.3. The smallest absolute Gasteiger partial charge is 0.341 e. The molecule has 0 aromatic heterocycles. The molecule has 0 unspecified atom stereocenters. The Labute approximate surface area is 102 Å². The molecular formula is C11H12BrFO3. The van der Waals surface area contributed by atoms with Crippen LogP contribution in [0.3, 0.4) is 0 Å². The van der Waals surface area contributed by atoms with Gasteiger partial charge in [0.15, 0.2) is 0 Å². The number of carbonyl (C=O) groups excluding carboxylic acids is 1. The van der Waals surface area contributed by atoms with E-state index in [9.17, 15) is 9.18 Å². The van der Waals surface area contributed by atoms with Crippen molar-refractivity contribution in [2.45, 2.75) is 13.0 Å². The van der Waals surface area contributed by atoms with Gasteiger partial charge in [-0.05, 0) is 25.1 Å². The van der Waals surface area contributed by atoms with Gasteiger partial charge in [-0.25, -0.2) is 9.18 Å². The summed E-state index contributed by atoms with van der Waals surface area (Å²) in [6.45, 7) is 1.96. The van der Waals surface area contributed by atoms with Crippen molar-refractivity contribution in [1.82, 2.24) is 0 Å². The Bertz CT molecular complexity index is 381. The standard InChI is InChI=1S/C11H12BrFO3/c1-7(6-15-2)16-11(14)9-5-8(12)3-4-10(9)13/h3-5,7H,6H2,1-2H3/t7-/m1/s1. The van der Waals surface area contributed by atoms with Crippen molar-refractivity contribution >= 4 is 21.9 Å². The van der Waals surface area contributed by atoms with Gasteiger partial charge in [-0.3, -0.25) is 0 Å². The van der Waals surface area contributed by atoms with E-state index in [1.54, 1.807) is 6.92 Å². The average Bonchev–Trinajstić information content (AvgIpc) is 2.21. The van der Waals surface area contributed by atoms with Crippen LogP contribution >= 0.6 is 15.9 Å². The summed E-state index contributed by atoms with van der Waals surface area (Å²) in [5, 5.41) is 0. The fourth-order valence-electron chi connectivity index (χ4n) is 1.17. The van der Waals surface area contributed by atoms with Crippen LogP contribution in [0.2, 0.25) is 0 Å². The van der Waals surface area contributed by atoms with Crippen LogP contribution in [0.5, 0.6) is 0 Å². The first-order valence-corrected chi connectivity index (χ1v) is 5.49. The molecule has 0 radical (unpaired) electrons. The molecule has 0 aliphatic heterocycles. The number of hydrogen-bond acceptors (Lipinski definition) is 3. The van der Waals surface area contributed by atoms with E-state index in [2.05, 4.69) is 15.9 Å². The molecule has 5 heteroatoms. The molecule has 0 saturated carbocycles. The van der Waals surface area contributed by atoms with Gasteiger partial charge in [-0.15, -0.1) is 0 Å². The molecule has 0 N–H and O–H groups in total. The third-order valence-electron chi connectivity index (χ3n) is 1.86. The molecule has 1 aromatic rings. The van der Waals surface area contributed by atoms with Crippen molar-refractivity contribution in [2.24, 2.45) is 0 Å². The minimum Gasteiger partial charge on any atom is -0.457 e. The van der Waals surface area contributed by atoms with Crippen LogP contribution in [0.25, 0.3) is 0 Å². The van der Waals surface area contributed by atoms with Crippen molar-refractivity contribution in [1.29, 1.82) is 0 Å². The second-order valence-electron chi connectivity index (χ2n) is 3.30. The van der Waals surface area contributed by atoms with Gasteiger partial charge in [0.2, 0.25) is 0 Å². The number of ether oxygens (including phenoxy) is 2. The maximum atomic E-state index is 13.3. The van der Waals surface area contributed by atoms with Crippen LogP contribution in [0.1, 0.15) is 17.3 Å². The molecule has 16 heavy (non-hydrogen) atoms. The quantitative estimate of drug-likeness (QED) is 0.800. The minimum atomic E-state index is -0.691. The summed E-state index contributed by atoms with van der Waals surface area (Å²) < 4.78 is 23.7. The zero-order valence-electron chi connectivity index (χ0n) is 9.00. The topological polar surface area (TPSA) is 35.5 Å². The van der Waals surface area contributed by atoms with Gasteiger partial charge in [-0.1, -0.05) is 15.9 Å². The maximum Gasteiger partial charge on any atom is 0.341 e. The van der Waals surface area contributed by atoms with Crippen LogP contribution < -0.4 is 0 Å². The molecule has 0 aliphatic carbocycles. The number of rotatable bonds is 4. The summed E-state index contributed by atoms with van der Waals surface area (Å²) in [7, 11) is 1.50. The monoisotopic (exact) mass is 290 g/mol. The number of esters is 1. The third kappa shape index (κ3) is 3.57. The lowest BCUT2D eigenvalue weighted by atomic mass is 10.2. The van der Waals surface area contributed by atoms with E-state index in [0.717, 1.165) is 0 Å². The van der Waals surface area contributed by atoms with Crippen molar-refractivity contribution in [3.63, 3.8) is 0 Å². The van der Waals surface area contributed by atoms with Crippen LogP contribution in [-0.4, -0.2) is 25.8 Å². The Morgan fingerprint density at radius 3 is 2.88 bits per heavy atom. The molecule has 1 rings (SSSR count). The summed E-state index contributed by atoms with van der Waals surface area (Å²) in [6.07, 6.45) is -0.407. The molecule has 88 valence electrons. The van der Waals surface area contributed by atoms with Crippen LogP contribution in [0.15, 0.2) is 22.7 Å². The minimum absolute atomic E-state index is 0.0858. The van der Waals surface area contributed by atoms with Crippen molar-refractivity contribution in [3.05, 3.63) is 34.1 Å². The van der Waals surface area contributed by atoms with E-state index < -0.39 is 17.9 Å². The van der Waals surface area contributed by atoms with Crippen LogP contribution in [0.4, 0.5) is 4.39 Å². The highest BCUT2D eigenvalue weighted by Gasteiger charge is 2.16. The SMILES string of the molecule is COC[C@@H](C)OC(=O)c1cc(Br)ccc1F. The highest BCUT2D eigenvalue weighted by Crippen LogP contribution is 2.16. The summed E-state index contributed by atoms with van der Waals surface area (Å²) >= 11 is 3.16. The summed E-state index contributed by atoms with van der Waals surface area (Å²) in [6, 6.07) is 4.11. The fraction of sp³-hybridized carbons (Fsp3) is 0.364. The summed E-state index contributed by atoms with van der Waals surface area (Å²) in [5.41, 5.74) is -0.0858. The van der Waals surface area contributed by atoms with Gasteiger partial charge in [0.25, 0.3) is 0 Å². The second kappa shape index (κ2) is 5.96. The molecular weight excluding hydrogens is 279 g/mol. The van der Waals surface area contributed by atoms with E-state index in [1.165, 1.54) is 25.3 Å². The van der Waals surface area contributed by atoms with Gasteiger partial charge in [-0.2, -0.15) is 0 Å². The van der Waals surface area contributed by atoms with Crippen molar-refractivity contribution in [2.75, 3.05) is 13.7 Å². The summed E-state index contributed by atoms with van der Waals surface area (Å²) in [5.74, 6) is -1.29. The third-order valence-corrected chi connectivity index (χ3v) is 2.35. The number of carbonyl (C=O) groups is 1. The number of benzene rings is 1. The second-order valence-corrected chi connectivity index (χ2v) is 4.21. The van der Waals surface area contributed by atoms with E-state index in [1.807, 2.05) is 0 Å². The van der Waals surface area contributed by atoms with E-state index in [0.29, 0.717) is 4.47 Å². The zero-order valence-corrected chi connectivity index (χ0v) is 10.6. The lowest BCUT2D eigenvalue weighted by molar-refractivity contribution is 0.0116. The molecule has 1 aromatic carbocycles. The Morgan fingerprint density at radius 2 is 2.25 bits per heavy atom. The predicted octanol–water partition coefficient (Wildman–Crippen LogP) is 2.78. The normalized spacial score (nSPS) is 12.2. The predicted molar refractivity (Wildman–Crippen MR) is 60.9 cm³/mol. The molecule has 3 nitrogen and oxygen atoms in total. The fourth-order valence-corrected chi connectivity index (χ4v) is 1.53. The number of halogens is 2.